The highest BCUT2D eigenvalue weighted by Crippen LogP contribution is 2.62. The van der Waals surface area contributed by atoms with Crippen molar-refractivity contribution in [2.24, 2.45) is 17.3 Å². The van der Waals surface area contributed by atoms with Gasteiger partial charge in [-0.05, 0) is 19.9 Å². The zero-order chi connectivity index (χ0) is 27.7. The van der Waals surface area contributed by atoms with Crippen LogP contribution in [0, 0.1) is 17.3 Å². The Labute approximate surface area is 219 Å². The number of ether oxygens (including phenoxy) is 5. The van der Waals surface area contributed by atoms with Gasteiger partial charge in [-0.2, -0.15) is 0 Å². The van der Waals surface area contributed by atoms with E-state index in [-0.39, 0.29) is 6.42 Å². The first-order chi connectivity index (χ1) is 17.1. The third kappa shape index (κ3) is 3.91. The van der Waals surface area contributed by atoms with E-state index < -0.39 is 87.9 Å². The lowest BCUT2D eigenvalue weighted by molar-refractivity contribution is -0.319. The van der Waals surface area contributed by atoms with Gasteiger partial charge in [0.2, 0.25) is 0 Å². The number of ketones is 1. The molecule has 3 fully saturated rings. The number of esters is 4. The summed E-state index contributed by atoms with van der Waals surface area (Å²) in [4.78, 5) is 63.4. The number of alkyl halides is 1. The Bertz CT molecular complexity index is 1110. The van der Waals surface area contributed by atoms with E-state index in [1.807, 2.05) is 0 Å². The van der Waals surface area contributed by atoms with Gasteiger partial charge in [-0.3, -0.25) is 24.0 Å². The standard InChI is InChI=1S/C26H31ClO10/c1-11-10-16(33-13(3)28)20-24(6)9-8-17(31)25(7,36-15(5)30)19(24)22(34-14(4)29)26(37-20)12(2)23(32)35-21(26)18(11)27/h8-9,12,16,18-22H,1,10H2,2-7H3/t12-,16+,18-,19+,20-,21-,22-,24-,25+,26+/m0/s1. The molecule has 1 spiro atoms. The summed E-state index contributed by atoms with van der Waals surface area (Å²) in [5.41, 5.74) is -4.32. The number of fused-ring (bicyclic) bond motifs is 3. The molecule has 202 valence electrons. The Balaban J connectivity index is 2.08. The highest BCUT2D eigenvalue weighted by molar-refractivity contribution is 6.23. The van der Waals surface area contributed by atoms with Gasteiger partial charge in [0.1, 0.15) is 18.3 Å². The van der Waals surface area contributed by atoms with E-state index in [0.717, 1.165) is 0 Å². The van der Waals surface area contributed by atoms with Crippen LogP contribution in [0.4, 0.5) is 0 Å². The number of hydrogen-bond donors (Lipinski definition) is 0. The van der Waals surface area contributed by atoms with Gasteiger partial charge < -0.3 is 23.7 Å². The van der Waals surface area contributed by atoms with Gasteiger partial charge in [-0.15, -0.1) is 11.6 Å². The molecule has 0 aromatic rings. The van der Waals surface area contributed by atoms with E-state index in [9.17, 15) is 24.0 Å². The first-order valence-corrected chi connectivity index (χ1v) is 12.5. The van der Waals surface area contributed by atoms with Gasteiger partial charge in [0, 0.05) is 32.6 Å². The number of carbonyl (C=O) groups excluding carboxylic acids is 5. The third-order valence-electron chi connectivity index (χ3n) is 8.18. The second-order valence-electron chi connectivity index (χ2n) is 10.7. The van der Waals surface area contributed by atoms with Crippen LogP contribution in [0.15, 0.2) is 24.3 Å². The Kier molecular flexibility index (Phi) is 6.60. The summed E-state index contributed by atoms with van der Waals surface area (Å²) in [5.74, 6) is -5.33. The molecule has 4 rings (SSSR count). The molecule has 1 aliphatic carbocycles. The van der Waals surface area contributed by atoms with Crippen LogP contribution in [0.25, 0.3) is 0 Å². The molecule has 0 N–H and O–H groups in total. The SMILES string of the molecule is C=C1C[C@@H](OC(C)=O)[C@@H]2O[C@@]3([C@@H](C)C(=O)O[C@H]3[C@H]1Cl)[C@@H](OC(C)=O)[C@@H]1[C@]2(C)C=CC(=O)[C@@]1(C)OC(C)=O. The zero-order valence-corrected chi connectivity index (χ0v) is 22.3. The molecule has 0 amide bonds. The summed E-state index contributed by atoms with van der Waals surface area (Å²) < 4.78 is 29.7. The van der Waals surface area contributed by atoms with E-state index in [1.165, 1.54) is 33.8 Å². The number of halogens is 1. The fraction of sp³-hybridized carbons (Fsp3) is 0.654. The predicted molar refractivity (Wildman–Crippen MR) is 127 cm³/mol. The van der Waals surface area contributed by atoms with Gasteiger partial charge in [0.25, 0.3) is 0 Å². The molecule has 0 aromatic carbocycles. The maximum Gasteiger partial charge on any atom is 0.312 e. The van der Waals surface area contributed by atoms with Crippen molar-refractivity contribution in [3.8, 4) is 0 Å². The molecule has 0 unspecified atom stereocenters. The Morgan fingerprint density at radius 1 is 1.05 bits per heavy atom. The Hall–Kier alpha value is -2.72. The van der Waals surface area contributed by atoms with Gasteiger partial charge in [-0.1, -0.05) is 25.2 Å². The smallest absolute Gasteiger partial charge is 0.312 e. The predicted octanol–water partition coefficient (Wildman–Crippen LogP) is 2.20. The largest absolute Gasteiger partial charge is 0.459 e. The molecule has 4 aliphatic rings. The van der Waals surface area contributed by atoms with Crippen LogP contribution in [-0.2, 0) is 47.7 Å². The minimum Gasteiger partial charge on any atom is -0.459 e. The molecule has 37 heavy (non-hydrogen) atoms. The van der Waals surface area contributed by atoms with Gasteiger partial charge in [0.05, 0.1) is 17.2 Å². The van der Waals surface area contributed by atoms with Crippen molar-refractivity contribution in [2.75, 3.05) is 0 Å². The molecule has 3 saturated heterocycles. The zero-order valence-electron chi connectivity index (χ0n) is 21.6. The molecule has 10 atom stereocenters. The van der Waals surface area contributed by atoms with Crippen LogP contribution in [0.3, 0.4) is 0 Å². The van der Waals surface area contributed by atoms with Crippen molar-refractivity contribution >= 4 is 41.3 Å². The topological polar surface area (TPSA) is 132 Å². The van der Waals surface area contributed by atoms with Crippen molar-refractivity contribution in [2.45, 2.75) is 89.0 Å². The van der Waals surface area contributed by atoms with Crippen LogP contribution < -0.4 is 0 Å². The lowest BCUT2D eigenvalue weighted by atomic mass is 9.52. The second-order valence-corrected chi connectivity index (χ2v) is 11.1. The molecular weight excluding hydrogens is 508 g/mol. The minimum atomic E-state index is -1.83. The molecule has 11 heteroatoms. The molecule has 3 heterocycles. The van der Waals surface area contributed by atoms with Crippen LogP contribution in [0.2, 0.25) is 0 Å². The molecule has 0 saturated carbocycles. The second kappa shape index (κ2) is 8.94. The average Bonchev–Trinajstić information content (AvgIpc) is 3.01. The van der Waals surface area contributed by atoms with Gasteiger partial charge >= 0.3 is 23.9 Å². The monoisotopic (exact) mass is 538 g/mol. The summed E-state index contributed by atoms with van der Waals surface area (Å²) in [6, 6.07) is 0. The summed E-state index contributed by atoms with van der Waals surface area (Å²) in [6.45, 7) is 12.4. The maximum absolute atomic E-state index is 13.4. The number of rotatable bonds is 3. The fourth-order valence-corrected chi connectivity index (χ4v) is 7.02. The van der Waals surface area contributed by atoms with Crippen molar-refractivity contribution in [3.05, 3.63) is 24.3 Å². The van der Waals surface area contributed by atoms with Crippen LogP contribution in [0.1, 0.15) is 48.0 Å². The highest BCUT2D eigenvalue weighted by atomic mass is 35.5. The lowest BCUT2D eigenvalue weighted by Gasteiger charge is -2.63. The van der Waals surface area contributed by atoms with E-state index in [4.69, 9.17) is 35.3 Å². The molecule has 2 bridgehead atoms. The molecule has 0 aromatic heterocycles. The first kappa shape index (κ1) is 27.3. The fourth-order valence-electron chi connectivity index (χ4n) is 6.68. The summed E-state index contributed by atoms with van der Waals surface area (Å²) in [7, 11) is 0. The molecule has 3 aliphatic heterocycles. The van der Waals surface area contributed by atoms with Gasteiger partial charge in [0.15, 0.2) is 23.1 Å². The first-order valence-electron chi connectivity index (χ1n) is 12.1. The van der Waals surface area contributed by atoms with Gasteiger partial charge in [-0.25, -0.2) is 0 Å². The number of carbonyl (C=O) groups is 5. The van der Waals surface area contributed by atoms with E-state index >= 15 is 0 Å². The maximum atomic E-state index is 13.4. The molecule has 10 nitrogen and oxygen atoms in total. The Morgan fingerprint density at radius 3 is 2.24 bits per heavy atom. The van der Waals surface area contributed by atoms with E-state index in [1.54, 1.807) is 19.9 Å². The summed E-state index contributed by atoms with van der Waals surface area (Å²) in [5, 5.41) is -1.01. The van der Waals surface area contributed by atoms with Crippen LogP contribution in [-0.4, -0.2) is 70.7 Å². The average molecular weight is 539 g/mol. The van der Waals surface area contributed by atoms with Crippen molar-refractivity contribution in [1.82, 2.24) is 0 Å². The quantitative estimate of drug-likeness (QED) is 0.228. The van der Waals surface area contributed by atoms with Crippen molar-refractivity contribution < 1.29 is 47.7 Å². The minimum absolute atomic E-state index is 0.0729. The number of hydrogen-bond acceptors (Lipinski definition) is 10. The lowest BCUT2D eigenvalue weighted by Crippen LogP contribution is -2.77. The Morgan fingerprint density at radius 2 is 1.68 bits per heavy atom. The van der Waals surface area contributed by atoms with Crippen molar-refractivity contribution in [1.29, 1.82) is 0 Å². The van der Waals surface area contributed by atoms with Crippen LogP contribution >= 0.6 is 11.6 Å². The summed E-state index contributed by atoms with van der Waals surface area (Å²) in [6.07, 6.45) is -1.49. The molecule has 0 radical (unpaired) electrons. The third-order valence-corrected chi connectivity index (χ3v) is 8.72. The highest BCUT2D eigenvalue weighted by Gasteiger charge is 2.77. The van der Waals surface area contributed by atoms with Crippen molar-refractivity contribution in [3.63, 3.8) is 0 Å². The van der Waals surface area contributed by atoms with Crippen LogP contribution in [0.5, 0.6) is 0 Å². The van der Waals surface area contributed by atoms with E-state index in [0.29, 0.717) is 5.57 Å². The molecular formula is C26H31ClO10. The normalized spacial score (nSPS) is 44.5. The summed E-state index contributed by atoms with van der Waals surface area (Å²) >= 11 is 6.81. The van der Waals surface area contributed by atoms with E-state index in [2.05, 4.69) is 6.58 Å².